The van der Waals surface area contributed by atoms with Gasteiger partial charge in [-0.15, -0.1) is 0 Å². The van der Waals surface area contributed by atoms with E-state index in [0.29, 0.717) is 0 Å². The molecule has 0 aromatic rings. The number of aliphatic hydroxyl groups excluding tert-OH is 1. The van der Waals surface area contributed by atoms with Crippen LogP contribution in [0.3, 0.4) is 0 Å². The highest BCUT2D eigenvalue weighted by atomic mass is 16.3. The Morgan fingerprint density at radius 3 is 2.50 bits per heavy atom. The maximum absolute atomic E-state index is 11.2. The molecule has 14 heavy (non-hydrogen) atoms. The zero-order valence-electron chi connectivity index (χ0n) is 9.03. The van der Waals surface area contributed by atoms with Gasteiger partial charge < -0.3 is 10.4 Å². The SMILES string of the molecule is CC=CC=CC(=O)N[C@H](CO)C(C)C. The van der Waals surface area contributed by atoms with Crippen molar-refractivity contribution in [3.05, 3.63) is 24.3 Å². The molecule has 80 valence electrons. The molecule has 2 N–H and O–H groups in total. The summed E-state index contributed by atoms with van der Waals surface area (Å²) in [6, 6.07) is -0.169. The van der Waals surface area contributed by atoms with E-state index in [1.54, 1.807) is 12.2 Å². The van der Waals surface area contributed by atoms with Crippen LogP contribution >= 0.6 is 0 Å². The molecule has 0 radical (unpaired) electrons. The van der Waals surface area contributed by atoms with Gasteiger partial charge in [-0.25, -0.2) is 0 Å². The third-order valence-electron chi connectivity index (χ3n) is 1.88. The maximum atomic E-state index is 11.2. The third-order valence-corrected chi connectivity index (χ3v) is 1.88. The van der Waals surface area contributed by atoms with Gasteiger partial charge in [0, 0.05) is 6.08 Å². The molecule has 1 amide bonds. The Balaban J connectivity index is 4.03. The molecule has 0 aliphatic heterocycles. The van der Waals surface area contributed by atoms with Gasteiger partial charge in [0.2, 0.25) is 5.91 Å². The van der Waals surface area contributed by atoms with Gasteiger partial charge in [0.05, 0.1) is 12.6 Å². The number of allylic oxidation sites excluding steroid dienone is 3. The van der Waals surface area contributed by atoms with Gasteiger partial charge in [0.15, 0.2) is 0 Å². The van der Waals surface area contributed by atoms with Crippen molar-refractivity contribution in [1.29, 1.82) is 0 Å². The maximum Gasteiger partial charge on any atom is 0.244 e. The van der Waals surface area contributed by atoms with Gasteiger partial charge in [0.25, 0.3) is 0 Å². The van der Waals surface area contributed by atoms with E-state index < -0.39 is 0 Å². The molecule has 1 atom stereocenters. The Bertz CT molecular complexity index is 219. The minimum absolute atomic E-state index is 0.0269. The molecule has 0 unspecified atom stereocenters. The Kier molecular flexibility index (Phi) is 6.76. The van der Waals surface area contributed by atoms with Crippen LogP contribution < -0.4 is 5.32 Å². The first-order valence-electron chi connectivity index (χ1n) is 4.82. The highest BCUT2D eigenvalue weighted by molar-refractivity contribution is 5.87. The first-order chi connectivity index (χ1) is 6.61. The van der Waals surface area contributed by atoms with Gasteiger partial charge >= 0.3 is 0 Å². The molecule has 0 aromatic carbocycles. The van der Waals surface area contributed by atoms with Gasteiger partial charge in [-0.3, -0.25) is 4.79 Å². The first-order valence-corrected chi connectivity index (χ1v) is 4.82. The fourth-order valence-corrected chi connectivity index (χ4v) is 0.908. The number of rotatable bonds is 5. The number of carbonyl (C=O) groups excluding carboxylic acids is 1. The minimum atomic E-state index is -0.171. The number of aliphatic hydroxyl groups is 1. The van der Waals surface area contributed by atoms with Crippen molar-refractivity contribution in [1.82, 2.24) is 5.32 Å². The smallest absolute Gasteiger partial charge is 0.244 e. The van der Waals surface area contributed by atoms with Crippen LogP contribution in [0.1, 0.15) is 20.8 Å². The Labute approximate surface area is 85.5 Å². The molecular weight excluding hydrogens is 178 g/mol. The summed E-state index contributed by atoms with van der Waals surface area (Å²) in [5.41, 5.74) is 0. The summed E-state index contributed by atoms with van der Waals surface area (Å²) in [6.45, 7) is 5.77. The minimum Gasteiger partial charge on any atom is -0.394 e. The van der Waals surface area contributed by atoms with E-state index in [1.165, 1.54) is 6.08 Å². The molecule has 0 aliphatic carbocycles. The summed E-state index contributed by atoms with van der Waals surface area (Å²) < 4.78 is 0. The second-order valence-electron chi connectivity index (χ2n) is 3.43. The monoisotopic (exact) mass is 197 g/mol. The molecule has 0 rings (SSSR count). The molecule has 0 fully saturated rings. The van der Waals surface area contributed by atoms with Crippen molar-refractivity contribution in [3.63, 3.8) is 0 Å². The van der Waals surface area contributed by atoms with E-state index >= 15 is 0 Å². The van der Waals surface area contributed by atoms with Crippen molar-refractivity contribution in [3.8, 4) is 0 Å². The number of nitrogens with one attached hydrogen (secondary N) is 1. The lowest BCUT2D eigenvalue weighted by Crippen LogP contribution is -2.40. The third kappa shape index (κ3) is 5.54. The summed E-state index contributed by atoms with van der Waals surface area (Å²) in [6.07, 6.45) is 6.74. The highest BCUT2D eigenvalue weighted by Gasteiger charge is 2.12. The quantitative estimate of drug-likeness (QED) is 0.515. The standard InChI is InChI=1S/C11H19NO2/c1-4-5-6-7-11(14)12-10(8-13)9(2)3/h4-7,9-10,13H,8H2,1-3H3,(H,12,14)/t10-/m1/s1. The van der Waals surface area contributed by atoms with Crippen LogP contribution in [-0.2, 0) is 4.79 Å². The number of amides is 1. The highest BCUT2D eigenvalue weighted by Crippen LogP contribution is 1.99. The van der Waals surface area contributed by atoms with Gasteiger partial charge in [-0.05, 0) is 12.8 Å². The zero-order chi connectivity index (χ0) is 11.0. The predicted molar refractivity (Wildman–Crippen MR) is 57.8 cm³/mol. The van der Waals surface area contributed by atoms with Crippen LogP contribution in [0.25, 0.3) is 0 Å². The number of hydrogen-bond acceptors (Lipinski definition) is 2. The fraction of sp³-hybridized carbons (Fsp3) is 0.545. The van der Waals surface area contributed by atoms with E-state index in [-0.39, 0.29) is 24.5 Å². The number of carbonyl (C=O) groups is 1. The van der Waals surface area contributed by atoms with Gasteiger partial charge in [0.1, 0.15) is 0 Å². The van der Waals surface area contributed by atoms with E-state index in [0.717, 1.165) is 0 Å². The molecule has 0 saturated carbocycles. The van der Waals surface area contributed by atoms with Crippen LogP contribution in [0.15, 0.2) is 24.3 Å². The van der Waals surface area contributed by atoms with Crippen molar-refractivity contribution in [2.75, 3.05) is 6.61 Å². The van der Waals surface area contributed by atoms with Crippen molar-refractivity contribution >= 4 is 5.91 Å². The van der Waals surface area contributed by atoms with Crippen molar-refractivity contribution in [2.24, 2.45) is 5.92 Å². The Morgan fingerprint density at radius 1 is 1.43 bits per heavy atom. The molecule has 0 spiro atoms. The Morgan fingerprint density at radius 2 is 2.07 bits per heavy atom. The van der Waals surface area contributed by atoms with E-state index in [4.69, 9.17) is 5.11 Å². The van der Waals surface area contributed by atoms with E-state index in [2.05, 4.69) is 5.32 Å². The van der Waals surface area contributed by atoms with Gasteiger partial charge in [-0.2, -0.15) is 0 Å². The summed E-state index contributed by atoms with van der Waals surface area (Å²) in [5, 5.41) is 11.7. The molecule has 0 heterocycles. The second-order valence-corrected chi connectivity index (χ2v) is 3.43. The van der Waals surface area contributed by atoms with Crippen LogP contribution in [0.5, 0.6) is 0 Å². The topological polar surface area (TPSA) is 49.3 Å². The lowest BCUT2D eigenvalue weighted by Gasteiger charge is -2.18. The largest absolute Gasteiger partial charge is 0.394 e. The second kappa shape index (κ2) is 7.33. The van der Waals surface area contributed by atoms with E-state index in [1.807, 2.05) is 26.8 Å². The average Bonchev–Trinajstić information content (AvgIpc) is 2.14. The summed E-state index contributed by atoms with van der Waals surface area (Å²) >= 11 is 0. The average molecular weight is 197 g/mol. The summed E-state index contributed by atoms with van der Waals surface area (Å²) in [7, 11) is 0. The van der Waals surface area contributed by atoms with Crippen LogP contribution in [0.4, 0.5) is 0 Å². The van der Waals surface area contributed by atoms with Gasteiger partial charge in [-0.1, -0.05) is 32.1 Å². The molecule has 0 bridgehead atoms. The first kappa shape index (κ1) is 12.9. The lowest BCUT2D eigenvalue weighted by atomic mass is 10.1. The fourth-order valence-electron chi connectivity index (χ4n) is 0.908. The molecule has 0 aromatic heterocycles. The molecule has 3 nitrogen and oxygen atoms in total. The van der Waals surface area contributed by atoms with Crippen molar-refractivity contribution < 1.29 is 9.90 Å². The summed E-state index contributed by atoms with van der Waals surface area (Å²) in [4.78, 5) is 11.2. The summed E-state index contributed by atoms with van der Waals surface area (Å²) in [5.74, 6) is 0.0647. The zero-order valence-corrected chi connectivity index (χ0v) is 9.03. The molecule has 3 heteroatoms. The molecular formula is C11H19NO2. The molecule has 0 aliphatic rings. The lowest BCUT2D eigenvalue weighted by molar-refractivity contribution is -0.117. The van der Waals surface area contributed by atoms with Crippen molar-refractivity contribution in [2.45, 2.75) is 26.8 Å². The van der Waals surface area contributed by atoms with Crippen LogP contribution in [0.2, 0.25) is 0 Å². The molecule has 0 saturated heterocycles. The normalized spacial score (nSPS) is 14.1. The van der Waals surface area contributed by atoms with Crippen LogP contribution in [-0.4, -0.2) is 23.7 Å². The number of hydrogen-bond donors (Lipinski definition) is 2. The van der Waals surface area contributed by atoms with Crippen LogP contribution in [0, 0.1) is 5.92 Å². The van der Waals surface area contributed by atoms with E-state index in [9.17, 15) is 4.79 Å². The Hall–Kier alpha value is -1.09. The predicted octanol–water partition coefficient (Wildman–Crippen LogP) is 1.25.